The Bertz CT molecular complexity index is 466. The molecule has 1 heterocycles. The third-order valence-corrected chi connectivity index (χ3v) is 4.06. The fourth-order valence-electron chi connectivity index (χ4n) is 1.46. The molecule has 74 valence electrons. The molecule has 1 aromatic heterocycles. The number of hydrogen-bond donors (Lipinski definition) is 1. The maximum Gasteiger partial charge on any atom is 0.0940 e. The summed E-state index contributed by atoms with van der Waals surface area (Å²) >= 11 is 10.9. The van der Waals surface area contributed by atoms with Gasteiger partial charge in [-0.1, -0.05) is 39.7 Å². The highest BCUT2D eigenvalue weighted by Crippen LogP contribution is 2.34. The molecule has 0 aliphatic heterocycles. The van der Waals surface area contributed by atoms with E-state index in [1.165, 1.54) is 4.70 Å². The molecule has 0 aliphatic carbocycles. The fraction of sp³-hybridized carbons (Fsp3) is 0.200. The summed E-state index contributed by atoms with van der Waals surface area (Å²) in [5.41, 5.74) is 2.11. The van der Waals surface area contributed by atoms with Crippen LogP contribution in [0.3, 0.4) is 0 Å². The van der Waals surface area contributed by atoms with Crippen LogP contribution in [0.4, 0.5) is 0 Å². The van der Waals surface area contributed by atoms with Gasteiger partial charge in [0.25, 0.3) is 0 Å². The van der Waals surface area contributed by atoms with E-state index in [9.17, 15) is 0 Å². The van der Waals surface area contributed by atoms with Crippen molar-refractivity contribution in [2.45, 2.75) is 11.9 Å². The van der Waals surface area contributed by atoms with E-state index in [1.54, 1.807) is 11.3 Å². The van der Waals surface area contributed by atoms with E-state index >= 15 is 0 Å². The first-order valence-corrected chi connectivity index (χ1v) is 6.44. The lowest BCUT2D eigenvalue weighted by Gasteiger charge is -2.04. The van der Waals surface area contributed by atoms with Crippen LogP contribution in [-0.2, 0) is 11.9 Å². The molecular formula is C10H8BrClOS. The molecule has 0 fully saturated rings. The first-order chi connectivity index (χ1) is 6.76. The first-order valence-electron chi connectivity index (χ1n) is 4.13. The van der Waals surface area contributed by atoms with Gasteiger partial charge in [0, 0.05) is 10.0 Å². The van der Waals surface area contributed by atoms with E-state index in [-0.39, 0.29) is 6.61 Å². The molecule has 0 radical (unpaired) electrons. The lowest BCUT2D eigenvalue weighted by atomic mass is 10.1. The van der Waals surface area contributed by atoms with Crippen molar-refractivity contribution >= 4 is 49.0 Å². The lowest BCUT2D eigenvalue weighted by Crippen LogP contribution is -1.90. The van der Waals surface area contributed by atoms with Crippen LogP contribution in [0.15, 0.2) is 18.2 Å². The molecule has 14 heavy (non-hydrogen) atoms. The number of fused-ring (bicyclic) bond motifs is 1. The first kappa shape index (κ1) is 10.4. The molecule has 2 rings (SSSR count). The van der Waals surface area contributed by atoms with Crippen molar-refractivity contribution in [1.29, 1.82) is 0 Å². The van der Waals surface area contributed by atoms with Gasteiger partial charge in [-0.05, 0) is 22.6 Å². The Balaban J connectivity index is 2.75. The molecule has 1 nitrogen and oxygen atoms in total. The summed E-state index contributed by atoms with van der Waals surface area (Å²) in [4.78, 5) is 0. The van der Waals surface area contributed by atoms with Crippen molar-refractivity contribution in [2.24, 2.45) is 0 Å². The number of rotatable bonds is 2. The van der Waals surface area contributed by atoms with Crippen molar-refractivity contribution in [3.05, 3.63) is 33.7 Å². The summed E-state index contributed by atoms with van der Waals surface area (Å²) in [6.45, 7) is 0.0758. The van der Waals surface area contributed by atoms with Gasteiger partial charge >= 0.3 is 0 Å². The van der Waals surface area contributed by atoms with Crippen LogP contribution in [0.5, 0.6) is 0 Å². The molecule has 0 atom stereocenters. The monoisotopic (exact) mass is 290 g/mol. The molecule has 0 saturated carbocycles. The van der Waals surface area contributed by atoms with Gasteiger partial charge in [0.05, 0.1) is 10.9 Å². The second-order valence-corrected chi connectivity index (χ2v) is 5.21. The van der Waals surface area contributed by atoms with Crippen LogP contribution in [-0.4, -0.2) is 5.11 Å². The van der Waals surface area contributed by atoms with Gasteiger partial charge in [-0.2, -0.15) is 0 Å². The quantitative estimate of drug-likeness (QED) is 0.831. The Kier molecular flexibility index (Phi) is 3.12. The number of hydrogen-bond acceptors (Lipinski definition) is 2. The molecule has 1 N–H and O–H groups in total. The van der Waals surface area contributed by atoms with E-state index < -0.39 is 0 Å². The highest BCUT2D eigenvalue weighted by Gasteiger charge is 2.08. The highest BCUT2D eigenvalue weighted by atomic mass is 79.9. The van der Waals surface area contributed by atoms with Gasteiger partial charge in [-0.3, -0.25) is 0 Å². The predicted octanol–water partition coefficient (Wildman–Crippen LogP) is 3.94. The molecule has 0 aliphatic rings. The van der Waals surface area contributed by atoms with Crippen LogP contribution >= 0.6 is 38.9 Å². The third kappa shape index (κ3) is 1.70. The number of aliphatic hydroxyl groups is 1. The van der Waals surface area contributed by atoms with E-state index in [0.717, 1.165) is 26.2 Å². The summed E-state index contributed by atoms with van der Waals surface area (Å²) in [6, 6.07) is 5.90. The lowest BCUT2D eigenvalue weighted by molar-refractivity contribution is 0.281. The van der Waals surface area contributed by atoms with E-state index in [1.807, 2.05) is 18.2 Å². The summed E-state index contributed by atoms with van der Waals surface area (Å²) in [5.74, 6) is 0. The fourth-order valence-corrected chi connectivity index (χ4v) is 3.59. The SMILES string of the molecule is OCc1ccc2cc(Cl)sc2c1CBr. The Morgan fingerprint density at radius 1 is 1.43 bits per heavy atom. The maximum absolute atomic E-state index is 9.17. The highest BCUT2D eigenvalue weighted by molar-refractivity contribution is 9.08. The van der Waals surface area contributed by atoms with Gasteiger partial charge in [0.1, 0.15) is 0 Å². The summed E-state index contributed by atoms with van der Waals surface area (Å²) < 4.78 is 1.95. The van der Waals surface area contributed by atoms with Crippen molar-refractivity contribution in [3.63, 3.8) is 0 Å². The van der Waals surface area contributed by atoms with Crippen molar-refractivity contribution in [2.75, 3.05) is 0 Å². The zero-order valence-corrected chi connectivity index (χ0v) is 10.4. The molecule has 0 spiro atoms. The average molecular weight is 292 g/mol. The molecule has 0 saturated heterocycles. The Labute approximate surface area is 99.4 Å². The molecule has 0 amide bonds. The average Bonchev–Trinajstić information content (AvgIpc) is 2.56. The predicted molar refractivity (Wildman–Crippen MR) is 65.4 cm³/mol. The second kappa shape index (κ2) is 4.19. The van der Waals surface area contributed by atoms with Gasteiger partial charge < -0.3 is 5.11 Å². The molecular weight excluding hydrogens is 284 g/mol. The normalized spacial score (nSPS) is 11.1. The second-order valence-electron chi connectivity index (χ2n) is 2.96. The molecule has 0 bridgehead atoms. The van der Waals surface area contributed by atoms with Crippen molar-refractivity contribution in [3.8, 4) is 0 Å². The minimum absolute atomic E-state index is 0.0758. The van der Waals surface area contributed by atoms with Crippen molar-refractivity contribution in [1.82, 2.24) is 0 Å². The number of aliphatic hydroxyl groups excluding tert-OH is 1. The number of halogens is 2. The Morgan fingerprint density at radius 2 is 2.21 bits per heavy atom. The van der Waals surface area contributed by atoms with Crippen LogP contribution in [0.1, 0.15) is 11.1 Å². The summed E-state index contributed by atoms with van der Waals surface area (Å²) in [6.07, 6.45) is 0. The van der Waals surface area contributed by atoms with E-state index in [2.05, 4.69) is 15.9 Å². The summed E-state index contributed by atoms with van der Waals surface area (Å²) in [5, 5.41) is 11.1. The molecule has 1 aromatic carbocycles. The standard InChI is InChI=1S/C10H8BrClOS/c11-4-8-7(5-13)2-1-6-3-9(12)14-10(6)8/h1-3,13H,4-5H2. The Morgan fingerprint density at radius 3 is 2.86 bits per heavy atom. The number of benzene rings is 1. The topological polar surface area (TPSA) is 20.2 Å². The van der Waals surface area contributed by atoms with Gasteiger partial charge in [-0.15, -0.1) is 11.3 Å². The maximum atomic E-state index is 9.17. The largest absolute Gasteiger partial charge is 0.392 e. The minimum Gasteiger partial charge on any atom is -0.392 e. The van der Waals surface area contributed by atoms with Gasteiger partial charge in [-0.25, -0.2) is 0 Å². The van der Waals surface area contributed by atoms with Crippen LogP contribution in [0, 0.1) is 0 Å². The minimum atomic E-state index is 0.0758. The van der Waals surface area contributed by atoms with Crippen LogP contribution < -0.4 is 0 Å². The molecule has 2 aromatic rings. The summed E-state index contributed by atoms with van der Waals surface area (Å²) in [7, 11) is 0. The zero-order chi connectivity index (χ0) is 10.1. The third-order valence-electron chi connectivity index (χ3n) is 2.16. The van der Waals surface area contributed by atoms with Gasteiger partial charge in [0.15, 0.2) is 0 Å². The number of thiophene rings is 1. The van der Waals surface area contributed by atoms with Crippen LogP contribution in [0.25, 0.3) is 10.1 Å². The number of alkyl halides is 1. The van der Waals surface area contributed by atoms with Crippen LogP contribution in [0.2, 0.25) is 4.34 Å². The Hall–Kier alpha value is -0.0900. The molecule has 4 heteroatoms. The molecule has 0 unspecified atom stereocenters. The van der Waals surface area contributed by atoms with E-state index in [4.69, 9.17) is 16.7 Å². The van der Waals surface area contributed by atoms with Crippen molar-refractivity contribution < 1.29 is 5.11 Å². The van der Waals surface area contributed by atoms with Gasteiger partial charge in [0.2, 0.25) is 0 Å². The smallest absolute Gasteiger partial charge is 0.0940 e. The van der Waals surface area contributed by atoms with E-state index in [0.29, 0.717) is 0 Å². The zero-order valence-electron chi connectivity index (χ0n) is 7.26.